The fraction of sp³-hybridized carbons (Fsp3) is 0.429. The molecule has 1 N–H and O–H groups in total. The summed E-state index contributed by atoms with van der Waals surface area (Å²) in [6.45, 7) is 5.00. The molecule has 1 amide bonds. The van der Waals surface area contributed by atoms with Crippen molar-refractivity contribution in [3.63, 3.8) is 0 Å². The zero-order valence-electron chi connectivity index (χ0n) is 11.6. The predicted molar refractivity (Wildman–Crippen MR) is 68.3 cm³/mol. The quantitative estimate of drug-likeness (QED) is 0.894. The maximum absolute atomic E-state index is 12.8. The molecule has 1 atom stereocenters. The number of nitrogens with one attached hydrogen (secondary N) is 1. The van der Waals surface area contributed by atoms with E-state index in [4.69, 9.17) is 4.74 Å². The Balaban J connectivity index is 2.68. The van der Waals surface area contributed by atoms with Gasteiger partial charge in [-0.25, -0.2) is 9.18 Å². The maximum atomic E-state index is 12.8. The summed E-state index contributed by atoms with van der Waals surface area (Å²) in [5.74, 6) is -1.85. The molecule has 110 valence electrons. The Kier molecular flexibility index (Phi) is 5.07. The van der Waals surface area contributed by atoms with Crippen LogP contribution in [0.5, 0.6) is 0 Å². The van der Waals surface area contributed by atoms with E-state index in [1.165, 1.54) is 24.3 Å². The summed E-state index contributed by atoms with van der Waals surface area (Å²) < 4.78 is 17.7. The van der Waals surface area contributed by atoms with E-state index < -0.39 is 29.5 Å². The van der Waals surface area contributed by atoms with E-state index in [0.29, 0.717) is 5.56 Å². The molecule has 0 spiro atoms. The Morgan fingerprint density at radius 1 is 1.30 bits per heavy atom. The van der Waals surface area contributed by atoms with Crippen molar-refractivity contribution in [1.82, 2.24) is 5.32 Å². The second kappa shape index (κ2) is 6.36. The van der Waals surface area contributed by atoms with Crippen molar-refractivity contribution in [2.45, 2.75) is 38.8 Å². The highest BCUT2D eigenvalue weighted by Gasteiger charge is 2.20. The summed E-state index contributed by atoms with van der Waals surface area (Å²) >= 11 is 0. The number of carboxylic acid groups (broad SMARTS) is 1. The van der Waals surface area contributed by atoms with Crippen LogP contribution in [0.4, 0.5) is 9.18 Å². The van der Waals surface area contributed by atoms with E-state index in [1.807, 2.05) is 0 Å². The van der Waals surface area contributed by atoms with E-state index in [9.17, 15) is 19.1 Å². The molecule has 0 aliphatic heterocycles. The molecule has 20 heavy (non-hydrogen) atoms. The topological polar surface area (TPSA) is 78.5 Å². The minimum Gasteiger partial charge on any atom is -0.548 e. The van der Waals surface area contributed by atoms with Gasteiger partial charge in [0.1, 0.15) is 11.4 Å². The van der Waals surface area contributed by atoms with Crippen LogP contribution in [-0.4, -0.2) is 23.7 Å². The van der Waals surface area contributed by atoms with E-state index in [1.54, 1.807) is 20.8 Å². The number of halogens is 1. The largest absolute Gasteiger partial charge is 0.548 e. The van der Waals surface area contributed by atoms with Crippen LogP contribution in [0, 0.1) is 5.82 Å². The number of aliphatic carboxylic acids is 1. The normalized spacial score (nSPS) is 12.6. The SMILES string of the molecule is CC(C)(C)OC(=O)N[C@H](Cc1ccc(F)cc1)C(=O)[O-]. The highest BCUT2D eigenvalue weighted by atomic mass is 19.1. The van der Waals surface area contributed by atoms with Crippen molar-refractivity contribution < 1.29 is 23.8 Å². The van der Waals surface area contributed by atoms with Crippen LogP contribution in [0.1, 0.15) is 26.3 Å². The van der Waals surface area contributed by atoms with E-state index in [-0.39, 0.29) is 6.42 Å². The summed E-state index contributed by atoms with van der Waals surface area (Å²) in [6.07, 6.45) is -0.851. The predicted octanol–water partition coefficient (Wildman–Crippen LogP) is 1.01. The lowest BCUT2D eigenvalue weighted by Gasteiger charge is -2.24. The number of hydrogen-bond donors (Lipinski definition) is 1. The van der Waals surface area contributed by atoms with Gasteiger partial charge in [0.2, 0.25) is 0 Å². The average Bonchev–Trinajstić information content (AvgIpc) is 2.28. The van der Waals surface area contributed by atoms with Gasteiger partial charge in [-0.2, -0.15) is 0 Å². The first-order valence-corrected chi connectivity index (χ1v) is 6.12. The number of benzene rings is 1. The molecule has 0 aromatic heterocycles. The van der Waals surface area contributed by atoms with Gasteiger partial charge >= 0.3 is 6.09 Å². The van der Waals surface area contributed by atoms with Crippen molar-refractivity contribution in [1.29, 1.82) is 0 Å². The molecule has 0 heterocycles. The zero-order valence-corrected chi connectivity index (χ0v) is 11.6. The zero-order chi connectivity index (χ0) is 15.3. The van der Waals surface area contributed by atoms with Gasteiger partial charge < -0.3 is 20.0 Å². The van der Waals surface area contributed by atoms with Gasteiger partial charge in [-0.05, 0) is 44.9 Å². The smallest absolute Gasteiger partial charge is 0.408 e. The number of hydrogen-bond acceptors (Lipinski definition) is 4. The van der Waals surface area contributed by atoms with Gasteiger partial charge in [0, 0.05) is 0 Å². The summed E-state index contributed by atoms with van der Waals surface area (Å²) in [6, 6.07) is 4.09. The fourth-order valence-electron chi connectivity index (χ4n) is 1.50. The van der Waals surface area contributed by atoms with Crippen LogP contribution in [0.25, 0.3) is 0 Å². The molecule has 0 bridgehead atoms. The second-order valence-corrected chi connectivity index (χ2v) is 5.35. The molecule has 0 fully saturated rings. The van der Waals surface area contributed by atoms with Crippen LogP contribution in [0.3, 0.4) is 0 Å². The molecular weight excluding hydrogens is 265 g/mol. The van der Waals surface area contributed by atoms with Gasteiger partial charge in [-0.3, -0.25) is 0 Å². The van der Waals surface area contributed by atoms with Crippen LogP contribution < -0.4 is 10.4 Å². The Morgan fingerprint density at radius 3 is 2.30 bits per heavy atom. The van der Waals surface area contributed by atoms with Crippen molar-refractivity contribution in [2.75, 3.05) is 0 Å². The van der Waals surface area contributed by atoms with Crippen molar-refractivity contribution in [3.8, 4) is 0 Å². The third kappa shape index (κ3) is 5.69. The van der Waals surface area contributed by atoms with Crippen molar-refractivity contribution >= 4 is 12.1 Å². The van der Waals surface area contributed by atoms with Crippen molar-refractivity contribution in [2.24, 2.45) is 0 Å². The first kappa shape index (κ1) is 15.9. The summed E-state index contributed by atoms with van der Waals surface area (Å²) in [5.41, 5.74) is -0.159. The first-order chi connectivity index (χ1) is 9.17. The number of carboxylic acids is 1. The summed E-state index contributed by atoms with van der Waals surface area (Å²) in [5, 5.41) is 13.2. The van der Waals surface area contributed by atoms with Crippen molar-refractivity contribution in [3.05, 3.63) is 35.6 Å². The summed E-state index contributed by atoms with van der Waals surface area (Å²) in [4.78, 5) is 22.5. The number of ether oxygens (including phenoxy) is 1. The maximum Gasteiger partial charge on any atom is 0.408 e. The Labute approximate surface area is 116 Å². The standard InChI is InChI=1S/C14H18FNO4/c1-14(2,3)20-13(19)16-11(12(17)18)8-9-4-6-10(15)7-5-9/h4-7,11H,8H2,1-3H3,(H,16,19)(H,17,18)/p-1/t11-/m1/s1. The molecule has 6 heteroatoms. The molecule has 0 aliphatic rings. The van der Waals surface area contributed by atoms with Gasteiger partial charge in [-0.15, -0.1) is 0 Å². The molecule has 1 aromatic carbocycles. The highest BCUT2D eigenvalue weighted by Crippen LogP contribution is 2.09. The van der Waals surface area contributed by atoms with E-state index >= 15 is 0 Å². The van der Waals surface area contributed by atoms with Gasteiger partial charge in [-0.1, -0.05) is 12.1 Å². The lowest BCUT2D eigenvalue weighted by Crippen LogP contribution is -2.50. The summed E-state index contributed by atoms with van der Waals surface area (Å²) in [7, 11) is 0. The number of rotatable bonds is 4. The number of alkyl carbamates (subject to hydrolysis) is 1. The minimum absolute atomic E-state index is 0.0120. The third-order valence-corrected chi connectivity index (χ3v) is 2.33. The van der Waals surface area contributed by atoms with Crippen LogP contribution in [0.2, 0.25) is 0 Å². The average molecular weight is 282 g/mol. The minimum atomic E-state index is -1.43. The van der Waals surface area contributed by atoms with Crippen LogP contribution >= 0.6 is 0 Å². The Bertz CT molecular complexity index is 479. The molecule has 1 aromatic rings. The Morgan fingerprint density at radius 2 is 1.85 bits per heavy atom. The van der Waals surface area contributed by atoms with Gasteiger partial charge in [0.05, 0.1) is 12.0 Å². The van der Waals surface area contributed by atoms with Crippen LogP contribution in [-0.2, 0) is 16.0 Å². The molecule has 1 rings (SSSR count). The number of carbonyl (C=O) groups excluding carboxylic acids is 2. The van der Waals surface area contributed by atoms with Gasteiger partial charge in [0.25, 0.3) is 0 Å². The molecule has 0 radical (unpaired) electrons. The lowest BCUT2D eigenvalue weighted by atomic mass is 10.1. The molecule has 0 unspecified atom stereocenters. The third-order valence-electron chi connectivity index (χ3n) is 2.33. The van der Waals surface area contributed by atoms with Gasteiger partial charge in [0.15, 0.2) is 0 Å². The molecule has 0 saturated heterocycles. The molecule has 5 nitrogen and oxygen atoms in total. The number of carbonyl (C=O) groups is 2. The second-order valence-electron chi connectivity index (χ2n) is 5.35. The first-order valence-electron chi connectivity index (χ1n) is 6.12. The fourth-order valence-corrected chi connectivity index (χ4v) is 1.50. The van der Waals surface area contributed by atoms with E-state index in [2.05, 4.69) is 5.32 Å². The van der Waals surface area contributed by atoms with E-state index in [0.717, 1.165) is 0 Å². The monoisotopic (exact) mass is 282 g/mol. The molecular formula is C14H17FNO4-. The van der Waals surface area contributed by atoms with Crippen LogP contribution in [0.15, 0.2) is 24.3 Å². The lowest BCUT2D eigenvalue weighted by molar-refractivity contribution is -0.308. The molecule has 0 aliphatic carbocycles. The highest BCUT2D eigenvalue weighted by molar-refractivity contribution is 5.79. The number of amides is 1. The molecule has 0 saturated carbocycles. The Hall–Kier alpha value is -2.11.